The lowest BCUT2D eigenvalue weighted by molar-refractivity contribution is -0.198. The predicted octanol–water partition coefficient (Wildman–Crippen LogP) is 5.95. The Balaban J connectivity index is 1.32. The van der Waals surface area contributed by atoms with Crippen LogP contribution in [-0.2, 0) is 11.0 Å². The van der Waals surface area contributed by atoms with Crippen molar-refractivity contribution in [1.29, 1.82) is 0 Å². The summed E-state index contributed by atoms with van der Waals surface area (Å²) in [5.41, 5.74) is 5.28. The number of nitrogens with one attached hydrogen (secondary N) is 1. The van der Waals surface area contributed by atoms with Crippen molar-refractivity contribution in [2.24, 2.45) is 5.41 Å². The molecule has 2 unspecified atom stereocenters. The second-order valence-corrected chi connectivity index (χ2v) is 12.2. The predicted molar refractivity (Wildman–Crippen MR) is 163 cm³/mol. The molecule has 2 aliphatic rings. The van der Waals surface area contributed by atoms with Gasteiger partial charge in [-0.15, -0.1) is 0 Å². The number of hydrogen-bond donors (Lipinski definition) is 3. The Morgan fingerprint density at radius 1 is 1.04 bits per heavy atom. The number of nitrogens with zero attached hydrogens (tertiary/aromatic N) is 5. The van der Waals surface area contributed by atoms with Crippen LogP contribution in [0.1, 0.15) is 42.2 Å². The van der Waals surface area contributed by atoms with E-state index in [0.717, 1.165) is 18.2 Å². The highest BCUT2D eigenvalue weighted by molar-refractivity contribution is 5.74. The van der Waals surface area contributed by atoms with Crippen LogP contribution in [0, 0.1) is 12.3 Å². The molecule has 16 heteroatoms. The number of piperidine rings is 1. The third kappa shape index (κ3) is 6.88. The fourth-order valence-corrected chi connectivity index (χ4v) is 6.33. The van der Waals surface area contributed by atoms with E-state index in [0.29, 0.717) is 44.6 Å². The molecule has 4 heterocycles. The Hall–Kier alpha value is -4.86. The maximum Gasteiger partial charge on any atom is 0.429 e. The largest absolute Gasteiger partial charge is 0.480 e. The molecule has 0 bridgehead atoms. The van der Waals surface area contributed by atoms with Crippen LogP contribution >= 0.6 is 0 Å². The molecule has 2 aliphatic heterocycles. The van der Waals surface area contributed by atoms with Crippen LogP contribution in [0.2, 0.25) is 0 Å². The number of nitrogens with two attached hydrogens (primary N) is 1. The minimum Gasteiger partial charge on any atom is -0.480 e. The summed E-state index contributed by atoms with van der Waals surface area (Å²) in [5.74, 6) is -1.38. The van der Waals surface area contributed by atoms with Gasteiger partial charge in [-0.25, -0.2) is 4.68 Å². The van der Waals surface area contributed by atoms with Crippen LogP contribution < -0.4 is 20.7 Å². The highest BCUT2D eigenvalue weighted by Crippen LogP contribution is 2.43. The monoisotopic (exact) mass is 675 g/mol. The zero-order valence-corrected chi connectivity index (χ0v) is 25.5. The second kappa shape index (κ2) is 12.3. The standard InChI is InChI=1S/C32H31F6N7O3/c1-18-7-10-45(43-18)24-14-20(19-3-2-4-21(13-19)31(33,34)35)5-6-22(24)27(32(36,37)38)48-26-15-25(41-29(39)42-26)44-11-8-30(9-12-44)16-23(28(46)47)40-17-30/h2-7,10,13-15,23,27,40H,8-9,11-12,16-17H2,1H3,(H,46,47)(H2,39,41,42). The Kier molecular flexibility index (Phi) is 8.47. The third-order valence-corrected chi connectivity index (χ3v) is 8.85. The zero-order valence-electron chi connectivity index (χ0n) is 25.5. The fourth-order valence-electron chi connectivity index (χ4n) is 6.33. The van der Waals surface area contributed by atoms with Crippen molar-refractivity contribution in [3.05, 3.63) is 77.6 Å². The van der Waals surface area contributed by atoms with E-state index >= 15 is 0 Å². The normalized spacial score (nSPS) is 18.6. The van der Waals surface area contributed by atoms with Gasteiger partial charge in [0.25, 0.3) is 0 Å². The quantitative estimate of drug-likeness (QED) is 0.203. The van der Waals surface area contributed by atoms with Crippen molar-refractivity contribution in [2.45, 2.75) is 50.7 Å². The first-order valence-electron chi connectivity index (χ1n) is 15.0. The molecule has 0 amide bonds. The lowest BCUT2D eigenvalue weighted by Gasteiger charge is -2.39. The second-order valence-electron chi connectivity index (χ2n) is 12.2. The van der Waals surface area contributed by atoms with Crippen molar-refractivity contribution in [3.8, 4) is 22.7 Å². The summed E-state index contributed by atoms with van der Waals surface area (Å²) in [4.78, 5) is 21.4. The number of hydrogen-bond acceptors (Lipinski definition) is 8. The molecule has 4 N–H and O–H groups in total. The molecule has 1 spiro atoms. The van der Waals surface area contributed by atoms with E-state index < -0.39 is 41.9 Å². The molecular formula is C32H31F6N7O3. The summed E-state index contributed by atoms with van der Waals surface area (Å²) in [6, 6.07) is 10.5. The van der Waals surface area contributed by atoms with E-state index in [1.165, 1.54) is 41.2 Å². The molecule has 48 heavy (non-hydrogen) atoms. The first-order valence-corrected chi connectivity index (χ1v) is 15.0. The molecule has 254 valence electrons. The molecule has 2 fully saturated rings. The summed E-state index contributed by atoms with van der Waals surface area (Å²) in [6.45, 7) is 3.13. The maximum absolute atomic E-state index is 14.8. The van der Waals surface area contributed by atoms with Gasteiger partial charge < -0.3 is 25.8 Å². The minimum absolute atomic E-state index is 0.0613. The van der Waals surface area contributed by atoms with E-state index in [1.807, 2.05) is 4.90 Å². The van der Waals surface area contributed by atoms with E-state index in [2.05, 4.69) is 20.4 Å². The average Bonchev–Trinajstić information content (AvgIpc) is 3.65. The Labute approximate surface area is 270 Å². The topological polar surface area (TPSA) is 131 Å². The van der Waals surface area contributed by atoms with Crippen LogP contribution in [0.5, 0.6) is 5.88 Å². The average molecular weight is 676 g/mol. The van der Waals surface area contributed by atoms with Crippen LogP contribution in [0.15, 0.2) is 60.8 Å². The number of halogens is 6. The van der Waals surface area contributed by atoms with E-state index in [1.54, 1.807) is 13.0 Å². The van der Waals surface area contributed by atoms with Crippen molar-refractivity contribution in [2.75, 3.05) is 30.3 Å². The van der Waals surface area contributed by atoms with Gasteiger partial charge in [0.15, 0.2) is 0 Å². The number of aromatic nitrogens is 4. The Bertz CT molecular complexity index is 1820. The van der Waals surface area contributed by atoms with Crippen LogP contribution in [-0.4, -0.2) is 62.7 Å². The molecule has 10 nitrogen and oxygen atoms in total. The summed E-state index contributed by atoms with van der Waals surface area (Å²) in [6.07, 6.45) is -8.95. The SMILES string of the molecule is Cc1ccn(-c2cc(-c3cccc(C(F)(F)F)c3)ccc2C(Oc2cc(N3CCC4(CC3)CNC(C(=O)O)C4)nc(N)n2)C(F)(F)F)n1. The highest BCUT2D eigenvalue weighted by atomic mass is 19.4. The third-order valence-electron chi connectivity index (χ3n) is 8.85. The van der Waals surface area contributed by atoms with Gasteiger partial charge in [-0.1, -0.05) is 24.3 Å². The number of carboxylic acids is 1. The van der Waals surface area contributed by atoms with Gasteiger partial charge in [0, 0.05) is 37.5 Å². The van der Waals surface area contributed by atoms with E-state index in [9.17, 15) is 36.2 Å². The highest BCUT2D eigenvalue weighted by Gasteiger charge is 2.46. The molecule has 6 rings (SSSR count). The maximum atomic E-state index is 14.8. The molecule has 2 saturated heterocycles. The summed E-state index contributed by atoms with van der Waals surface area (Å²) < 4.78 is 91.4. The smallest absolute Gasteiger partial charge is 0.429 e. The first kappa shape index (κ1) is 33.1. The molecule has 0 radical (unpaired) electrons. The number of carbonyl (C=O) groups is 1. The summed E-state index contributed by atoms with van der Waals surface area (Å²) in [5, 5.41) is 16.7. The fraction of sp³-hybridized carbons (Fsp3) is 0.375. The molecule has 4 aromatic rings. The van der Waals surface area contributed by atoms with Gasteiger partial charge in [-0.05, 0) is 67.0 Å². The molecule has 0 aliphatic carbocycles. The number of rotatable bonds is 7. The Morgan fingerprint density at radius 2 is 1.77 bits per heavy atom. The van der Waals surface area contributed by atoms with Crippen LogP contribution in [0.3, 0.4) is 0 Å². The van der Waals surface area contributed by atoms with Gasteiger partial charge in [-0.2, -0.15) is 41.4 Å². The number of carboxylic acid groups (broad SMARTS) is 1. The molecule has 2 aromatic heterocycles. The van der Waals surface area contributed by atoms with Gasteiger partial charge >= 0.3 is 18.3 Å². The van der Waals surface area contributed by atoms with Crippen molar-refractivity contribution < 1.29 is 41.0 Å². The van der Waals surface area contributed by atoms with Crippen molar-refractivity contribution in [3.63, 3.8) is 0 Å². The van der Waals surface area contributed by atoms with Crippen molar-refractivity contribution in [1.82, 2.24) is 25.1 Å². The summed E-state index contributed by atoms with van der Waals surface area (Å²) >= 11 is 0. The lowest BCUT2D eigenvalue weighted by Crippen LogP contribution is -2.41. The lowest BCUT2D eigenvalue weighted by atomic mass is 9.76. The van der Waals surface area contributed by atoms with Crippen LogP contribution in [0.25, 0.3) is 16.8 Å². The minimum atomic E-state index is -4.97. The number of alkyl halides is 6. The number of nitrogen functional groups attached to an aromatic ring is 1. The Morgan fingerprint density at radius 3 is 2.40 bits per heavy atom. The molecule has 0 saturated carbocycles. The number of ether oxygens (including phenoxy) is 1. The number of aliphatic carboxylic acids is 1. The summed E-state index contributed by atoms with van der Waals surface area (Å²) in [7, 11) is 0. The van der Waals surface area contributed by atoms with Gasteiger partial charge in [0.1, 0.15) is 11.9 Å². The molecule has 2 aromatic carbocycles. The number of aryl methyl sites for hydroxylation is 1. The van der Waals surface area contributed by atoms with E-state index in [4.69, 9.17) is 10.5 Å². The number of benzene rings is 2. The molecule has 2 atom stereocenters. The van der Waals surface area contributed by atoms with Crippen molar-refractivity contribution >= 4 is 17.7 Å². The van der Waals surface area contributed by atoms with Gasteiger partial charge in [-0.3, -0.25) is 4.79 Å². The van der Waals surface area contributed by atoms with Crippen LogP contribution in [0.4, 0.5) is 38.1 Å². The number of anilines is 2. The first-order chi connectivity index (χ1) is 22.6. The van der Waals surface area contributed by atoms with Gasteiger partial charge in [0.05, 0.1) is 16.9 Å². The zero-order chi connectivity index (χ0) is 34.4. The van der Waals surface area contributed by atoms with Gasteiger partial charge in [0.2, 0.25) is 17.9 Å². The van der Waals surface area contributed by atoms with E-state index in [-0.39, 0.29) is 39.6 Å². The molecular weight excluding hydrogens is 644 g/mol.